The Morgan fingerprint density at radius 3 is 2.44 bits per heavy atom. The maximum absolute atomic E-state index is 13.4. The molecule has 1 aliphatic heterocycles. The van der Waals surface area contributed by atoms with Crippen molar-refractivity contribution in [2.45, 2.75) is 56.9 Å². The number of likely N-dealkylation sites (tertiary alicyclic amines) is 1. The molecule has 6 nitrogen and oxygen atoms in total. The molecule has 2 atom stereocenters. The van der Waals surface area contributed by atoms with Gasteiger partial charge in [-0.3, -0.25) is 14.5 Å². The van der Waals surface area contributed by atoms with E-state index in [9.17, 15) is 14.7 Å². The number of hydrogen-bond donors (Lipinski definition) is 1. The number of para-hydroxylation sites is 1. The van der Waals surface area contributed by atoms with Crippen LogP contribution in [0.1, 0.15) is 49.7 Å². The number of carbonyl (C=O) groups excluding carboxylic acids is 1. The van der Waals surface area contributed by atoms with Crippen LogP contribution in [0.4, 0.5) is 0 Å². The van der Waals surface area contributed by atoms with Crippen LogP contribution in [0, 0.1) is 5.92 Å². The van der Waals surface area contributed by atoms with Crippen molar-refractivity contribution in [1.82, 2.24) is 4.90 Å². The molecule has 0 aromatic heterocycles. The maximum Gasteiger partial charge on any atom is 0.327 e. The Balaban J connectivity index is 1.31. The quantitative estimate of drug-likeness (QED) is 0.269. The molecule has 2 aromatic carbocycles. The Hall–Kier alpha value is -3.12. The van der Waals surface area contributed by atoms with Crippen molar-refractivity contribution < 1.29 is 24.2 Å². The van der Waals surface area contributed by atoms with Crippen LogP contribution in [0.25, 0.3) is 0 Å². The molecule has 1 fully saturated rings. The van der Waals surface area contributed by atoms with Gasteiger partial charge in [0.1, 0.15) is 11.3 Å². The molecule has 192 valence electrons. The molecule has 1 saturated heterocycles. The van der Waals surface area contributed by atoms with Crippen LogP contribution in [0.5, 0.6) is 5.75 Å². The number of esters is 1. The van der Waals surface area contributed by atoms with Gasteiger partial charge in [-0.2, -0.15) is 0 Å². The second-order valence-corrected chi connectivity index (χ2v) is 9.71. The second kappa shape index (κ2) is 12.7. The molecular formula is C30H37NO5. The molecule has 2 aromatic rings. The van der Waals surface area contributed by atoms with Crippen LogP contribution in [0.3, 0.4) is 0 Å². The molecule has 0 bridgehead atoms. The maximum atomic E-state index is 13.4. The van der Waals surface area contributed by atoms with E-state index in [-0.39, 0.29) is 6.61 Å². The van der Waals surface area contributed by atoms with Gasteiger partial charge in [0.05, 0.1) is 19.1 Å². The number of hydrogen-bond acceptors (Lipinski definition) is 5. The van der Waals surface area contributed by atoms with E-state index in [1.54, 1.807) is 0 Å². The topological polar surface area (TPSA) is 76.1 Å². The number of rotatable bonds is 11. The van der Waals surface area contributed by atoms with E-state index in [1.165, 1.54) is 5.56 Å². The number of nitrogens with zero attached hydrogens (tertiary/aromatic N) is 1. The number of allylic oxidation sites excluding steroid dienone is 1. The minimum atomic E-state index is -1.12. The summed E-state index contributed by atoms with van der Waals surface area (Å²) in [5, 5.41) is 9.94. The van der Waals surface area contributed by atoms with Gasteiger partial charge in [-0.25, -0.2) is 0 Å². The SMILES string of the molecule is O=C(O)C1CC=CCC1(C(=O)OCCCOc1ccccc1CCc1ccccc1)N1CCCCC1. The minimum Gasteiger partial charge on any atom is -0.493 e. The monoisotopic (exact) mass is 491 g/mol. The summed E-state index contributed by atoms with van der Waals surface area (Å²) in [6.07, 6.45) is 9.97. The van der Waals surface area contributed by atoms with Crippen LogP contribution in [-0.2, 0) is 27.2 Å². The lowest BCUT2D eigenvalue weighted by atomic mass is 9.73. The van der Waals surface area contributed by atoms with Gasteiger partial charge in [-0.05, 0) is 68.8 Å². The van der Waals surface area contributed by atoms with Crippen LogP contribution >= 0.6 is 0 Å². The largest absolute Gasteiger partial charge is 0.493 e. The Morgan fingerprint density at radius 2 is 1.67 bits per heavy atom. The average Bonchev–Trinajstić information content (AvgIpc) is 2.93. The number of carbonyl (C=O) groups is 2. The van der Waals surface area contributed by atoms with Gasteiger partial charge >= 0.3 is 11.9 Å². The first-order chi connectivity index (χ1) is 17.6. The van der Waals surface area contributed by atoms with Crippen molar-refractivity contribution in [3.05, 3.63) is 77.9 Å². The number of aryl methyl sites for hydroxylation is 2. The van der Waals surface area contributed by atoms with Gasteiger partial charge in [-0.15, -0.1) is 0 Å². The summed E-state index contributed by atoms with van der Waals surface area (Å²) < 4.78 is 11.8. The predicted octanol–water partition coefficient (Wildman–Crippen LogP) is 5.06. The third kappa shape index (κ3) is 6.16. The highest BCUT2D eigenvalue weighted by atomic mass is 16.5. The lowest BCUT2D eigenvalue weighted by molar-refractivity contribution is -0.172. The molecule has 0 spiro atoms. The average molecular weight is 492 g/mol. The van der Waals surface area contributed by atoms with Gasteiger partial charge in [-0.1, -0.05) is 67.1 Å². The normalized spacial score (nSPS) is 22.2. The van der Waals surface area contributed by atoms with E-state index in [1.807, 2.05) is 36.4 Å². The highest BCUT2D eigenvalue weighted by Gasteiger charge is 2.54. The molecule has 1 heterocycles. The van der Waals surface area contributed by atoms with Crippen molar-refractivity contribution in [1.29, 1.82) is 0 Å². The number of piperidine rings is 1. The van der Waals surface area contributed by atoms with E-state index < -0.39 is 23.4 Å². The van der Waals surface area contributed by atoms with Gasteiger partial charge in [0.15, 0.2) is 0 Å². The molecule has 0 amide bonds. The van der Waals surface area contributed by atoms with E-state index in [0.717, 1.165) is 56.5 Å². The highest BCUT2D eigenvalue weighted by molar-refractivity contribution is 5.89. The number of carboxylic acids is 1. The molecule has 1 N–H and O–H groups in total. The summed E-state index contributed by atoms with van der Waals surface area (Å²) in [6, 6.07) is 18.4. The van der Waals surface area contributed by atoms with Crippen LogP contribution in [-0.4, -0.2) is 53.8 Å². The molecule has 36 heavy (non-hydrogen) atoms. The van der Waals surface area contributed by atoms with E-state index in [0.29, 0.717) is 25.9 Å². The van der Waals surface area contributed by atoms with Gasteiger partial charge in [0.25, 0.3) is 0 Å². The molecule has 2 unspecified atom stereocenters. The standard InChI is InChI=1S/C30H37NO5/c32-28(33)26-15-7-8-19-30(26,31-20-9-2-10-21-31)29(34)36-23-11-22-35-27-16-6-5-14-25(27)18-17-24-12-3-1-4-13-24/h1,3-8,12-14,16,26H,2,9-11,15,17-23H2,(H,32,33). The highest BCUT2D eigenvalue weighted by Crippen LogP contribution is 2.39. The van der Waals surface area contributed by atoms with Crippen LogP contribution in [0.15, 0.2) is 66.7 Å². The minimum absolute atomic E-state index is 0.205. The molecule has 1 aliphatic carbocycles. The first-order valence-corrected chi connectivity index (χ1v) is 13.2. The fourth-order valence-electron chi connectivity index (χ4n) is 5.44. The van der Waals surface area contributed by atoms with E-state index >= 15 is 0 Å². The van der Waals surface area contributed by atoms with Crippen molar-refractivity contribution in [2.75, 3.05) is 26.3 Å². The number of carboxylic acid groups (broad SMARTS) is 1. The molecule has 4 rings (SSSR count). The molecule has 0 saturated carbocycles. The van der Waals surface area contributed by atoms with E-state index in [4.69, 9.17) is 9.47 Å². The summed E-state index contributed by atoms with van der Waals surface area (Å²) in [7, 11) is 0. The Morgan fingerprint density at radius 1 is 0.917 bits per heavy atom. The summed E-state index contributed by atoms with van der Waals surface area (Å²) >= 11 is 0. The van der Waals surface area contributed by atoms with Crippen LogP contribution in [0.2, 0.25) is 0 Å². The predicted molar refractivity (Wildman–Crippen MR) is 139 cm³/mol. The first kappa shape index (κ1) is 26.0. The molecule has 2 aliphatic rings. The van der Waals surface area contributed by atoms with Gasteiger partial charge in [0.2, 0.25) is 0 Å². The lowest BCUT2D eigenvalue weighted by Crippen LogP contribution is -2.63. The molecule has 6 heteroatoms. The van der Waals surface area contributed by atoms with Crippen molar-refractivity contribution >= 4 is 11.9 Å². The third-order valence-corrected chi connectivity index (χ3v) is 7.39. The summed E-state index contributed by atoms with van der Waals surface area (Å²) in [5.41, 5.74) is 1.33. The first-order valence-electron chi connectivity index (χ1n) is 13.2. The van der Waals surface area contributed by atoms with Crippen LogP contribution < -0.4 is 4.74 Å². The second-order valence-electron chi connectivity index (χ2n) is 9.71. The smallest absolute Gasteiger partial charge is 0.327 e. The zero-order valence-electron chi connectivity index (χ0n) is 20.9. The Labute approximate surface area is 213 Å². The summed E-state index contributed by atoms with van der Waals surface area (Å²) in [5.74, 6) is -1.28. The summed E-state index contributed by atoms with van der Waals surface area (Å²) in [6.45, 7) is 2.09. The number of ether oxygens (including phenoxy) is 2. The van der Waals surface area contributed by atoms with E-state index in [2.05, 4.69) is 35.2 Å². The zero-order valence-corrected chi connectivity index (χ0v) is 20.9. The third-order valence-electron chi connectivity index (χ3n) is 7.39. The van der Waals surface area contributed by atoms with Crippen molar-refractivity contribution in [2.24, 2.45) is 5.92 Å². The fourth-order valence-corrected chi connectivity index (χ4v) is 5.44. The number of benzene rings is 2. The number of aliphatic carboxylic acids is 1. The lowest BCUT2D eigenvalue weighted by Gasteiger charge is -2.47. The van der Waals surface area contributed by atoms with Crippen molar-refractivity contribution in [3.8, 4) is 5.75 Å². The molecular weight excluding hydrogens is 454 g/mol. The van der Waals surface area contributed by atoms with Crippen molar-refractivity contribution in [3.63, 3.8) is 0 Å². The Kier molecular flexibility index (Phi) is 9.17. The molecule has 0 radical (unpaired) electrons. The Bertz CT molecular complexity index is 1030. The van der Waals surface area contributed by atoms with Gasteiger partial charge in [0, 0.05) is 6.42 Å². The fraction of sp³-hybridized carbons (Fsp3) is 0.467. The zero-order chi connectivity index (χ0) is 25.2. The van der Waals surface area contributed by atoms with Gasteiger partial charge < -0.3 is 14.6 Å². The summed E-state index contributed by atoms with van der Waals surface area (Å²) in [4.78, 5) is 27.6.